The predicted octanol–water partition coefficient (Wildman–Crippen LogP) is 3.31. The van der Waals surface area contributed by atoms with Gasteiger partial charge in [0, 0.05) is 43.9 Å². The van der Waals surface area contributed by atoms with E-state index >= 15 is 0 Å². The number of aromatic nitrogens is 4. The summed E-state index contributed by atoms with van der Waals surface area (Å²) >= 11 is 6.10. The van der Waals surface area contributed by atoms with E-state index < -0.39 is 0 Å². The van der Waals surface area contributed by atoms with Gasteiger partial charge in [-0.25, -0.2) is 4.98 Å². The van der Waals surface area contributed by atoms with Crippen LogP contribution in [0.1, 0.15) is 31.0 Å². The second kappa shape index (κ2) is 7.39. The maximum absolute atomic E-state index is 6.10. The fraction of sp³-hybridized carbons (Fsp3) is 0.474. The van der Waals surface area contributed by atoms with Gasteiger partial charge in [-0.3, -0.25) is 4.68 Å². The largest absolute Gasteiger partial charge is 0.372 e. The summed E-state index contributed by atoms with van der Waals surface area (Å²) in [4.78, 5) is 4.71. The Morgan fingerprint density at radius 1 is 1.35 bits per heavy atom. The fourth-order valence-electron chi connectivity index (χ4n) is 3.76. The molecule has 0 radical (unpaired) electrons. The number of hydrogen-bond donors (Lipinski definition) is 1. The van der Waals surface area contributed by atoms with Crippen LogP contribution in [0, 0.1) is 5.92 Å². The van der Waals surface area contributed by atoms with Crippen molar-refractivity contribution >= 4 is 22.6 Å². The van der Waals surface area contributed by atoms with Crippen molar-refractivity contribution in [3.8, 4) is 0 Å². The van der Waals surface area contributed by atoms with Crippen LogP contribution in [0.5, 0.6) is 0 Å². The van der Waals surface area contributed by atoms with Crippen LogP contribution in [-0.4, -0.2) is 32.5 Å². The number of rotatable bonds is 6. The van der Waals surface area contributed by atoms with Gasteiger partial charge in [-0.2, -0.15) is 5.10 Å². The van der Waals surface area contributed by atoms with E-state index in [1.54, 1.807) is 0 Å². The summed E-state index contributed by atoms with van der Waals surface area (Å²) in [5, 5.41) is 8.67. The number of hydrogen-bond acceptors (Lipinski definition) is 4. The van der Waals surface area contributed by atoms with E-state index in [-0.39, 0.29) is 6.10 Å². The van der Waals surface area contributed by atoms with Crippen LogP contribution in [0.15, 0.2) is 30.5 Å². The summed E-state index contributed by atoms with van der Waals surface area (Å²) in [6.07, 6.45) is 3.03. The van der Waals surface area contributed by atoms with Gasteiger partial charge in [-0.15, -0.1) is 0 Å². The molecule has 26 heavy (non-hydrogen) atoms. The van der Waals surface area contributed by atoms with Crippen LogP contribution in [-0.2, 0) is 24.9 Å². The van der Waals surface area contributed by atoms with Crippen LogP contribution in [0.2, 0.25) is 5.02 Å². The normalized spacial score (nSPS) is 20.3. The molecule has 0 unspecified atom stereocenters. The molecule has 7 heteroatoms. The molecule has 1 N–H and O–H groups in total. The molecule has 2 atom stereocenters. The van der Waals surface area contributed by atoms with Crippen molar-refractivity contribution in [1.82, 2.24) is 24.6 Å². The molecule has 0 spiro atoms. The van der Waals surface area contributed by atoms with E-state index in [2.05, 4.69) is 28.0 Å². The van der Waals surface area contributed by atoms with Crippen molar-refractivity contribution in [1.29, 1.82) is 0 Å². The molecule has 1 saturated heterocycles. The molecule has 4 rings (SSSR count). The monoisotopic (exact) mass is 373 g/mol. The van der Waals surface area contributed by atoms with Crippen LogP contribution in [0.3, 0.4) is 0 Å². The third kappa shape index (κ3) is 3.24. The quantitative estimate of drug-likeness (QED) is 0.720. The molecular formula is C19H24ClN5O. The molecular weight excluding hydrogens is 350 g/mol. The number of ether oxygens (including phenoxy) is 1. The Hall–Kier alpha value is -1.89. The third-order valence-corrected chi connectivity index (χ3v) is 5.41. The molecule has 138 valence electrons. The SMILES string of the molecule is CCn1nccc1[C@@H]1OCC[C@H]1CNCc1nc2ccc(Cl)cc2n1C. The third-order valence-electron chi connectivity index (χ3n) is 5.18. The van der Waals surface area contributed by atoms with Gasteiger partial charge in [-0.05, 0) is 37.6 Å². The first-order chi connectivity index (χ1) is 12.7. The summed E-state index contributed by atoms with van der Waals surface area (Å²) < 4.78 is 10.1. The van der Waals surface area contributed by atoms with Crippen LogP contribution >= 0.6 is 11.6 Å². The molecule has 1 fully saturated rings. The van der Waals surface area contributed by atoms with Crippen LogP contribution in [0.4, 0.5) is 0 Å². The molecule has 0 bridgehead atoms. The molecule has 1 aliphatic rings. The van der Waals surface area contributed by atoms with Crippen LogP contribution < -0.4 is 5.32 Å². The zero-order valence-electron chi connectivity index (χ0n) is 15.2. The number of nitrogens with one attached hydrogen (secondary N) is 1. The minimum atomic E-state index is 0.115. The molecule has 6 nitrogen and oxygen atoms in total. The number of imidazole rings is 1. The lowest BCUT2D eigenvalue weighted by molar-refractivity contribution is 0.0829. The van der Waals surface area contributed by atoms with Crippen molar-refractivity contribution in [2.75, 3.05) is 13.2 Å². The van der Waals surface area contributed by atoms with E-state index in [1.165, 1.54) is 5.69 Å². The molecule has 1 aliphatic heterocycles. The van der Waals surface area contributed by atoms with E-state index in [0.29, 0.717) is 5.92 Å². The van der Waals surface area contributed by atoms with Crippen molar-refractivity contribution in [2.45, 2.75) is 32.5 Å². The van der Waals surface area contributed by atoms with Gasteiger partial charge >= 0.3 is 0 Å². The summed E-state index contributed by atoms with van der Waals surface area (Å²) in [6, 6.07) is 7.88. The molecule has 0 amide bonds. The first-order valence-corrected chi connectivity index (χ1v) is 9.50. The number of aryl methyl sites for hydroxylation is 2. The lowest BCUT2D eigenvalue weighted by atomic mass is 9.99. The summed E-state index contributed by atoms with van der Waals surface area (Å²) in [6.45, 7) is 5.39. The summed E-state index contributed by atoms with van der Waals surface area (Å²) in [5.41, 5.74) is 3.21. The highest BCUT2D eigenvalue weighted by Gasteiger charge is 2.31. The highest BCUT2D eigenvalue weighted by molar-refractivity contribution is 6.31. The molecule has 0 saturated carbocycles. The predicted molar refractivity (Wildman–Crippen MR) is 102 cm³/mol. The standard InChI is InChI=1S/C19H24ClN5O/c1-3-25-16(6-8-22-25)19-13(7-9-26-19)11-21-12-18-23-15-5-4-14(20)10-17(15)24(18)2/h4-6,8,10,13,19,21H,3,7,9,11-12H2,1-2H3/t13-,19+/m0/s1. The van der Waals surface area contributed by atoms with E-state index in [4.69, 9.17) is 21.3 Å². The first-order valence-electron chi connectivity index (χ1n) is 9.12. The lowest BCUT2D eigenvalue weighted by Crippen LogP contribution is -2.26. The zero-order chi connectivity index (χ0) is 18.1. The minimum absolute atomic E-state index is 0.115. The number of halogens is 1. The Kier molecular flexibility index (Phi) is 4.98. The van der Waals surface area contributed by atoms with Gasteiger partial charge < -0.3 is 14.6 Å². The minimum Gasteiger partial charge on any atom is -0.372 e. The maximum atomic E-state index is 6.10. The highest BCUT2D eigenvalue weighted by atomic mass is 35.5. The average molecular weight is 374 g/mol. The van der Waals surface area contributed by atoms with Gasteiger partial charge in [-0.1, -0.05) is 11.6 Å². The van der Waals surface area contributed by atoms with Gasteiger partial charge in [0.15, 0.2) is 0 Å². The second-order valence-electron chi connectivity index (χ2n) is 6.76. The molecule has 3 aromatic rings. The Bertz CT molecular complexity index is 903. The van der Waals surface area contributed by atoms with Gasteiger partial charge in [0.2, 0.25) is 0 Å². The van der Waals surface area contributed by atoms with E-state index in [1.807, 2.05) is 36.1 Å². The molecule has 3 heterocycles. The van der Waals surface area contributed by atoms with Gasteiger partial charge in [0.25, 0.3) is 0 Å². The van der Waals surface area contributed by atoms with Gasteiger partial charge in [0.1, 0.15) is 11.9 Å². The Morgan fingerprint density at radius 3 is 3.08 bits per heavy atom. The Labute approximate surface area is 158 Å². The zero-order valence-corrected chi connectivity index (χ0v) is 15.9. The lowest BCUT2D eigenvalue weighted by Gasteiger charge is -2.20. The summed E-state index contributed by atoms with van der Waals surface area (Å²) in [7, 11) is 2.03. The van der Waals surface area contributed by atoms with E-state index in [9.17, 15) is 0 Å². The highest BCUT2D eigenvalue weighted by Crippen LogP contribution is 2.34. The van der Waals surface area contributed by atoms with Crippen molar-refractivity contribution in [2.24, 2.45) is 13.0 Å². The van der Waals surface area contributed by atoms with Crippen LogP contribution in [0.25, 0.3) is 11.0 Å². The van der Waals surface area contributed by atoms with Gasteiger partial charge in [0.05, 0.1) is 23.3 Å². The number of nitrogens with zero attached hydrogens (tertiary/aromatic N) is 4. The second-order valence-corrected chi connectivity index (χ2v) is 7.20. The van der Waals surface area contributed by atoms with E-state index in [0.717, 1.165) is 54.5 Å². The number of fused-ring (bicyclic) bond motifs is 1. The van der Waals surface area contributed by atoms with Crippen molar-refractivity contribution in [3.63, 3.8) is 0 Å². The van der Waals surface area contributed by atoms with Crippen molar-refractivity contribution < 1.29 is 4.74 Å². The topological polar surface area (TPSA) is 56.9 Å². The van der Waals surface area contributed by atoms with Crippen molar-refractivity contribution in [3.05, 3.63) is 47.0 Å². The first kappa shape index (κ1) is 17.5. The fourth-order valence-corrected chi connectivity index (χ4v) is 3.93. The summed E-state index contributed by atoms with van der Waals surface area (Å²) in [5.74, 6) is 1.46. The number of benzene rings is 1. The molecule has 0 aliphatic carbocycles. The maximum Gasteiger partial charge on any atom is 0.123 e. The average Bonchev–Trinajstić information content (AvgIpc) is 3.35. The Morgan fingerprint density at radius 2 is 2.23 bits per heavy atom. The molecule has 2 aromatic heterocycles. The Balaban J connectivity index is 1.42. The molecule has 1 aromatic carbocycles. The smallest absolute Gasteiger partial charge is 0.123 e.